The number of nitrogens with two attached hydrogens (primary N) is 1. The van der Waals surface area contributed by atoms with E-state index < -0.39 is 13.2 Å². The van der Waals surface area contributed by atoms with Crippen molar-refractivity contribution in [2.24, 2.45) is 11.7 Å². The molecule has 0 radical (unpaired) electrons. The van der Waals surface area contributed by atoms with Gasteiger partial charge in [0.25, 0.3) is 0 Å². The molecule has 6 heteroatoms. The van der Waals surface area contributed by atoms with Crippen LogP contribution in [0.25, 0.3) is 0 Å². The van der Waals surface area contributed by atoms with Gasteiger partial charge in [0.15, 0.2) is 0 Å². The minimum atomic E-state index is -0.911. The van der Waals surface area contributed by atoms with Crippen LogP contribution in [0.5, 0.6) is 0 Å². The van der Waals surface area contributed by atoms with E-state index in [4.69, 9.17) is 10.4 Å². The summed E-state index contributed by atoms with van der Waals surface area (Å²) < 4.78 is 4.88. The lowest BCUT2D eigenvalue weighted by Gasteiger charge is -2.29. The summed E-state index contributed by atoms with van der Waals surface area (Å²) in [6, 6.07) is -0.496. The maximum Gasteiger partial charge on any atom is 0.478 e. The molecule has 1 fully saturated rings. The first-order chi connectivity index (χ1) is 7.49. The predicted octanol–water partition coefficient (Wildman–Crippen LogP) is -0.373. The summed E-state index contributed by atoms with van der Waals surface area (Å²) >= 11 is 0. The van der Waals surface area contributed by atoms with Crippen molar-refractivity contribution in [1.29, 1.82) is 0 Å². The minimum absolute atomic E-state index is 0.0893. The zero-order chi connectivity index (χ0) is 12.3. The first-order valence-corrected chi connectivity index (χ1v) is 5.76. The summed E-state index contributed by atoms with van der Waals surface area (Å²) in [6.45, 7) is 4.49. The predicted molar refractivity (Wildman–Crippen MR) is 62.5 cm³/mol. The summed E-state index contributed by atoms with van der Waals surface area (Å²) in [6.07, 6.45) is 1.66. The summed E-state index contributed by atoms with van der Waals surface area (Å²) in [5.41, 5.74) is 5.83. The number of rotatable bonds is 4. The summed E-state index contributed by atoms with van der Waals surface area (Å²) in [7, 11) is 0.527. The van der Waals surface area contributed by atoms with E-state index in [9.17, 15) is 9.82 Å². The molecule has 0 aliphatic carbocycles. The van der Waals surface area contributed by atoms with E-state index >= 15 is 0 Å². The van der Waals surface area contributed by atoms with Crippen molar-refractivity contribution in [3.05, 3.63) is 0 Å². The highest BCUT2D eigenvalue weighted by molar-refractivity contribution is 6.45. The number of likely N-dealkylation sites (tertiary alicyclic amines) is 1. The third-order valence-corrected chi connectivity index (χ3v) is 3.16. The topological polar surface area (TPSA) is 75.8 Å². The Morgan fingerprint density at radius 3 is 2.75 bits per heavy atom. The Morgan fingerprint density at radius 1 is 1.62 bits per heavy atom. The van der Waals surface area contributed by atoms with E-state index in [-0.39, 0.29) is 17.8 Å². The highest BCUT2D eigenvalue weighted by atomic mass is 16.5. The van der Waals surface area contributed by atoms with Crippen LogP contribution in [-0.2, 0) is 9.45 Å². The summed E-state index contributed by atoms with van der Waals surface area (Å²) in [4.78, 5) is 13.7. The Balaban J connectivity index is 2.67. The normalized spacial score (nSPS) is 22.6. The largest absolute Gasteiger partial charge is 0.478 e. The lowest BCUT2D eigenvalue weighted by molar-refractivity contribution is -0.133. The van der Waals surface area contributed by atoms with Gasteiger partial charge in [-0.1, -0.05) is 13.8 Å². The van der Waals surface area contributed by atoms with Crippen molar-refractivity contribution in [1.82, 2.24) is 4.90 Å². The molecule has 92 valence electrons. The average molecular weight is 228 g/mol. The van der Waals surface area contributed by atoms with Crippen LogP contribution >= 0.6 is 0 Å². The molecular weight excluding hydrogens is 207 g/mol. The third kappa shape index (κ3) is 2.75. The van der Waals surface area contributed by atoms with Gasteiger partial charge in [-0.2, -0.15) is 0 Å². The van der Waals surface area contributed by atoms with Gasteiger partial charge in [-0.25, -0.2) is 0 Å². The van der Waals surface area contributed by atoms with Crippen molar-refractivity contribution >= 4 is 13.0 Å². The van der Waals surface area contributed by atoms with E-state index in [2.05, 4.69) is 0 Å². The maximum atomic E-state index is 12.1. The number of amides is 1. The fraction of sp³-hybridized carbons (Fsp3) is 0.900. The Labute approximate surface area is 97.1 Å². The molecule has 2 atom stereocenters. The smallest absolute Gasteiger partial charge is 0.426 e. The fourth-order valence-electron chi connectivity index (χ4n) is 2.00. The number of nitrogens with zero attached hydrogens (tertiary/aromatic N) is 1. The molecule has 0 saturated carbocycles. The van der Waals surface area contributed by atoms with Gasteiger partial charge in [0.2, 0.25) is 5.91 Å². The standard InChI is InChI=1S/C10H21BN2O3/c1-7(2)9(12)10(14)13-6-4-5-8(13)11(15)16-3/h7-9,15H,4-6,12H2,1-3H3/t8-,9?/m0/s1. The van der Waals surface area contributed by atoms with Crippen LogP contribution in [0.1, 0.15) is 26.7 Å². The van der Waals surface area contributed by atoms with Crippen molar-refractivity contribution in [3.8, 4) is 0 Å². The van der Waals surface area contributed by atoms with Crippen molar-refractivity contribution in [3.63, 3.8) is 0 Å². The van der Waals surface area contributed by atoms with Crippen LogP contribution in [0.15, 0.2) is 0 Å². The zero-order valence-electron chi connectivity index (χ0n) is 10.2. The van der Waals surface area contributed by atoms with Gasteiger partial charge in [-0.15, -0.1) is 0 Å². The number of carbonyl (C=O) groups excluding carboxylic acids is 1. The Morgan fingerprint density at radius 2 is 2.25 bits per heavy atom. The molecule has 16 heavy (non-hydrogen) atoms. The highest BCUT2D eigenvalue weighted by Crippen LogP contribution is 2.20. The third-order valence-electron chi connectivity index (χ3n) is 3.16. The van der Waals surface area contributed by atoms with Gasteiger partial charge in [0.1, 0.15) is 0 Å². The van der Waals surface area contributed by atoms with E-state index in [1.165, 1.54) is 7.11 Å². The Bertz CT molecular complexity index is 250. The van der Waals surface area contributed by atoms with Gasteiger partial charge in [0.05, 0.1) is 12.0 Å². The Hall–Kier alpha value is -0.585. The maximum absolute atomic E-state index is 12.1. The van der Waals surface area contributed by atoms with Crippen molar-refractivity contribution in [2.75, 3.05) is 13.7 Å². The van der Waals surface area contributed by atoms with E-state index in [0.717, 1.165) is 12.8 Å². The molecule has 0 aromatic carbocycles. The van der Waals surface area contributed by atoms with E-state index in [0.29, 0.717) is 6.54 Å². The zero-order valence-corrected chi connectivity index (χ0v) is 10.2. The summed E-state index contributed by atoms with van der Waals surface area (Å²) in [5.74, 6) is -0.232. The SMILES string of the molecule is COB(O)[C@@H]1CCCN1C(=O)C(N)C(C)C. The van der Waals surface area contributed by atoms with Crippen LogP contribution in [0.4, 0.5) is 0 Å². The Kier molecular flexibility index (Phi) is 4.77. The molecule has 0 spiro atoms. The van der Waals surface area contributed by atoms with E-state index in [1.54, 1.807) is 4.90 Å². The van der Waals surface area contributed by atoms with E-state index in [1.807, 2.05) is 13.8 Å². The van der Waals surface area contributed by atoms with Gasteiger partial charge in [0, 0.05) is 13.7 Å². The quantitative estimate of drug-likeness (QED) is 0.643. The van der Waals surface area contributed by atoms with Gasteiger partial charge < -0.3 is 20.3 Å². The monoisotopic (exact) mass is 228 g/mol. The molecule has 1 amide bonds. The van der Waals surface area contributed by atoms with Crippen molar-refractivity contribution < 1.29 is 14.5 Å². The lowest BCUT2D eigenvalue weighted by Crippen LogP contribution is -2.53. The molecule has 1 saturated heterocycles. The molecule has 0 aromatic heterocycles. The highest BCUT2D eigenvalue weighted by Gasteiger charge is 2.39. The molecule has 1 aliphatic rings. The fourth-order valence-corrected chi connectivity index (χ4v) is 2.00. The molecule has 1 heterocycles. The molecule has 1 unspecified atom stereocenters. The molecule has 0 aromatic rings. The number of hydrogen-bond donors (Lipinski definition) is 2. The summed E-state index contributed by atoms with van der Waals surface area (Å²) in [5, 5.41) is 9.64. The molecular formula is C10H21BN2O3. The first-order valence-electron chi connectivity index (χ1n) is 5.76. The molecule has 1 aliphatic heterocycles. The molecule has 5 nitrogen and oxygen atoms in total. The van der Waals surface area contributed by atoms with Crippen LogP contribution in [0, 0.1) is 5.92 Å². The second kappa shape index (κ2) is 5.66. The van der Waals surface area contributed by atoms with Gasteiger partial charge >= 0.3 is 7.12 Å². The molecule has 0 bridgehead atoms. The lowest BCUT2D eigenvalue weighted by atomic mass is 9.77. The van der Waals surface area contributed by atoms with Crippen molar-refractivity contribution in [2.45, 2.75) is 38.7 Å². The van der Waals surface area contributed by atoms with Crippen LogP contribution in [0.3, 0.4) is 0 Å². The average Bonchev–Trinajstić information content (AvgIpc) is 2.74. The van der Waals surface area contributed by atoms with Crippen LogP contribution in [-0.4, -0.2) is 48.6 Å². The van der Waals surface area contributed by atoms with Gasteiger partial charge in [-0.3, -0.25) is 4.79 Å². The van der Waals surface area contributed by atoms with Gasteiger partial charge in [-0.05, 0) is 18.8 Å². The van der Waals surface area contributed by atoms with Crippen LogP contribution in [0.2, 0.25) is 0 Å². The molecule has 1 rings (SSSR count). The second-order valence-corrected chi connectivity index (χ2v) is 4.64. The first kappa shape index (κ1) is 13.5. The number of carbonyl (C=O) groups is 1. The second-order valence-electron chi connectivity index (χ2n) is 4.64. The van der Waals surface area contributed by atoms with Crippen LogP contribution < -0.4 is 5.73 Å². The number of hydrogen-bond acceptors (Lipinski definition) is 4. The minimum Gasteiger partial charge on any atom is -0.426 e. The molecule has 3 N–H and O–H groups in total.